The van der Waals surface area contributed by atoms with Crippen LogP contribution in [0.15, 0.2) is 83.8 Å². The molecule has 0 bridgehead atoms. The molecule has 0 saturated heterocycles. The molecule has 1 heterocycles. The topological polar surface area (TPSA) is 104 Å². The van der Waals surface area contributed by atoms with Gasteiger partial charge in [-0.3, -0.25) is 14.4 Å². The Kier molecular flexibility index (Phi) is 9.27. The van der Waals surface area contributed by atoms with Crippen LogP contribution in [0.3, 0.4) is 0 Å². The van der Waals surface area contributed by atoms with Crippen LogP contribution < -0.4 is 5.32 Å². The van der Waals surface area contributed by atoms with E-state index in [4.69, 9.17) is 11.6 Å². The van der Waals surface area contributed by atoms with E-state index in [0.29, 0.717) is 11.4 Å². The first-order chi connectivity index (χ1) is 19.1. The average Bonchev–Trinajstić information content (AvgIpc) is 3.11. The Morgan fingerprint density at radius 2 is 1.62 bits per heavy atom. The minimum atomic E-state index is -3.97. The molecule has 1 N–H and O–H groups in total. The summed E-state index contributed by atoms with van der Waals surface area (Å²) in [5.74, 6) is -1.22. The van der Waals surface area contributed by atoms with Crippen LogP contribution >= 0.6 is 11.6 Å². The van der Waals surface area contributed by atoms with E-state index in [1.165, 1.54) is 17.0 Å². The van der Waals surface area contributed by atoms with Gasteiger partial charge in [0, 0.05) is 37.0 Å². The Bertz CT molecular complexity index is 1490. The van der Waals surface area contributed by atoms with Crippen molar-refractivity contribution in [2.45, 2.75) is 56.6 Å². The standard InChI is InChI=1S/C30H32ClN3O5S/c1-21(2)32-29(36)26(19-22-10-4-3-5-11-22)33(20-23-12-8-13-24(31)18-23)28(35)16-9-17-34-30(37)25-14-6-7-15-27(25)40(34,38)39/h3-8,10-15,18,21,26H,9,16-17,19-20H2,1-2H3,(H,32,36). The summed E-state index contributed by atoms with van der Waals surface area (Å²) in [6.07, 6.45) is 0.337. The van der Waals surface area contributed by atoms with E-state index in [1.54, 1.807) is 30.3 Å². The van der Waals surface area contributed by atoms with Crippen molar-refractivity contribution in [3.05, 3.63) is 101 Å². The zero-order valence-electron chi connectivity index (χ0n) is 22.4. The van der Waals surface area contributed by atoms with Crippen molar-refractivity contribution in [2.75, 3.05) is 6.54 Å². The Labute approximate surface area is 240 Å². The third-order valence-corrected chi connectivity index (χ3v) is 8.68. The monoisotopic (exact) mass is 581 g/mol. The number of hydrogen-bond acceptors (Lipinski definition) is 5. The number of nitrogens with one attached hydrogen (secondary N) is 1. The van der Waals surface area contributed by atoms with Gasteiger partial charge in [-0.25, -0.2) is 12.7 Å². The highest BCUT2D eigenvalue weighted by atomic mass is 35.5. The van der Waals surface area contributed by atoms with E-state index in [9.17, 15) is 22.8 Å². The number of rotatable bonds is 11. The molecule has 210 valence electrons. The fourth-order valence-corrected chi connectivity index (χ4v) is 6.56. The molecule has 3 amide bonds. The summed E-state index contributed by atoms with van der Waals surface area (Å²) < 4.78 is 26.7. The Balaban J connectivity index is 1.57. The molecule has 10 heteroatoms. The molecule has 1 aliphatic rings. The predicted octanol–water partition coefficient (Wildman–Crippen LogP) is 4.43. The minimum absolute atomic E-state index is 0.0257. The van der Waals surface area contributed by atoms with E-state index in [0.717, 1.165) is 15.4 Å². The van der Waals surface area contributed by atoms with Crippen molar-refractivity contribution in [1.82, 2.24) is 14.5 Å². The first kappa shape index (κ1) is 29.3. The van der Waals surface area contributed by atoms with Crippen molar-refractivity contribution in [3.63, 3.8) is 0 Å². The van der Waals surface area contributed by atoms with Crippen molar-refractivity contribution in [1.29, 1.82) is 0 Å². The zero-order chi connectivity index (χ0) is 28.9. The third-order valence-electron chi connectivity index (χ3n) is 6.61. The SMILES string of the molecule is CC(C)NC(=O)C(Cc1ccccc1)N(Cc1cccc(Cl)c1)C(=O)CCCN1C(=O)c2ccccc2S1(=O)=O. The molecule has 0 radical (unpaired) electrons. The first-order valence-corrected chi connectivity index (χ1v) is 14.9. The fourth-order valence-electron chi connectivity index (χ4n) is 4.74. The third kappa shape index (κ3) is 6.71. The second-order valence-corrected chi connectivity index (χ2v) is 12.3. The quantitative estimate of drug-likeness (QED) is 0.361. The molecule has 1 unspecified atom stereocenters. The normalized spacial score (nSPS) is 14.6. The molecular formula is C30H32ClN3O5S. The molecule has 8 nitrogen and oxygen atoms in total. The minimum Gasteiger partial charge on any atom is -0.352 e. The number of nitrogens with zero attached hydrogens (tertiary/aromatic N) is 2. The van der Waals surface area contributed by atoms with Crippen LogP contribution in [0.4, 0.5) is 0 Å². The molecule has 1 aliphatic heterocycles. The van der Waals surface area contributed by atoms with Gasteiger partial charge in [-0.05, 0) is 55.7 Å². The molecule has 3 aromatic rings. The summed E-state index contributed by atoms with van der Waals surface area (Å²) >= 11 is 6.21. The molecule has 40 heavy (non-hydrogen) atoms. The van der Waals surface area contributed by atoms with E-state index >= 15 is 0 Å². The van der Waals surface area contributed by atoms with Gasteiger partial charge in [-0.15, -0.1) is 0 Å². The summed E-state index contributed by atoms with van der Waals surface area (Å²) in [5.41, 5.74) is 1.77. The molecule has 0 spiro atoms. The number of carbonyl (C=O) groups excluding carboxylic acids is 3. The number of carbonyl (C=O) groups is 3. The van der Waals surface area contributed by atoms with Gasteiger partial charge in [0.1, 0.15) is 10.9 Å². The predicted molar refractivity (Wildman–Crippen MR) is 153 cm³/mol. The average molecular weight is 582 g/mol. The van der Waals surface area contributed by atoms with Crippen molar-refractivity contribution >= 4 is 39.3 Å². The van der Waals surface area contributed by atoms with Crippen molar-refractivity contribution in [3.8, 4) is 0 Å². The van der Waals surface area contributed by atoms with Crippen LogP contribution in [0.5, 0.6) is 0 Å². The van der Waals surface area contributed by atoms with Crippen LogP contribution in [0.1, 0.15) is 48.2 Å². The largest absolute Gasteiger partial charge is 0.352 e. The van der Waals surface area contributed by atoms with Gasteiger partial charge in [-0.1, -0.05) is 66.2 Å². The van der Waals surface area contributed by atoms with Gasteiger partial charge in [-0.2, -0.15) is 0 Å². The van der Waals surface area contributed by atoms with Gasteiger partial charge in [0.15, 0.2) is 0 Å². The Hall–Kier alpha value is -3.69. The van der Waals surface area contributed by atoms with E-state index in [2.05, 4.69) is 5.32 Å². The molecule has 3 aromatic carbocycles. The highest BCUT2D eigenvalue weighted by molar-refractivity contribution is 7.90. The summed E-state index contributed by atoms with van der Waals surface area (Å²) in [5, 5.41) is 3.44. The second kappa shape index (κ2) is 12.7. The second-order valence-electron chi connectivity index (χ2n) is 10.0. The first-order valence-electron chi connectivity index (χ1n) is 13.1. The van der Waals surface area contributed by atoms with Gasteiger partial charge >= 0.3 is 0 Å². The number of benzene rings is 3. The van der Waals surface area contributed by atoms with Crippen LogP contribution in [-0.4, -0.2) is 54.0 Å². The highest BCUT2D eigenvalue weighted by Gasteiger charge is 2.40. The van der Waals surface area contributed by atoms with Crippen LogP contribution in [-0.2, 0) is 32.6 Å². The van der Waals surface area contributed by atoms with Crippen LogP contribution in [0.25, 0.3) is 0 Å². The maximum absolute atomic E-state index is 13.7. The highest BCUT2D eigenvalue weighted by Crippen LogP contribution is 2.30. The molecule has 0 aromatic heterocycles. The number of fused-ring (bicyclic) bond motifs is 1. The van der Waals surface area contributed by atoms with Crippen LogP contribution in [0, 0.1) is 0 Å². The van der Waals surface area contributed by atoms with Gasteiger partial charge in [0.05, 0.1) is 5.56 Å². The number of halogens is 1. The molecule has 0 fully saturated rings. The lowest BCUT2D eigenvalue weighted by molar-refractivity contribution is -0.141. The summed E-state index contributed by atoms with van der Waals surface area (Å²) in [6, 6.07) is 21.6. The number of hydrogen-bond donors (Lipinski definition) is 1. The summed E-state index contributed by atoms with van der Waals surface area (Å²) in [4.78, 5) is 41.5. The lowest BCUT2D eigenvalue weighted by Gasteiger charge is -2.32. The van der Waals surface area contributed by atoms with E-state index < -0.39 is 22.0 Å². The fraction of sp³-hybridized carbons (Fsp3) is 0.300. The molecule has 0 aliphatic carbocycles. The molecule has 1 atom stereocenters. The van der Waals surface area contributed by atoms with Crippen molar-refractivity contribution < 1.29 is 22.8 Å². The molecule has 0 saturated carbocycles. The van der Waals surface area contributed by atoms with E-state index in [-0.39, 0.29) is 54.2 Å². The van der Waals surface area contributed by atoms with Crippen molar-refractivity contribution in [2.24, 2.45) is 0 Å². The Morgan fingerprint density at radius 3 is 2.30 bits per heavy atom. The lowest BCUT2D eigenvalue weighted by Crippen LogP contribution is -2.51. The Morgan fingerprint density at radius 1 is 0.950 bits per heavy atom. The van der Waals surface area contributed by atoms with Gasteiger partial charge in [0.25, 0.3) is 15.9 Å². The summed E-state index contributed by atoms with van der Waals surface area (Å²) in [7, 11) is -3.97. The smallest absolute Gasteiger partial charge is 0.269 e. The number of sulfonamides is 1. The lowest BCUT2D eigenvalue weighted by atomic mass is 10.0. The molecule has 4 rings (SSSR count). The molecular weight excluding hydrogens is 550 g/mol. The van der Waals surface area contributed by atoms with Gasteiger partial charge < -0.3 is 10.2 Å². The van der Waals surface area contributed by atoms with Crippen LogP contribution in [0.2, 0.25) is 5.02 Å². The maximum atomic E-state index is 13.7. The maximum Gasteiger partial charge on any atom is 0.269 e. The number of amides is 3. The van der Waals surface area contributed by atoms with E-state index in [1.807, 2.05) is 50.2 Å². The zero-order valence-corrected chi connectivity index (χ0v) is 24.0. The summed E-state index contributed by atoms with van der Waals surface area (Å²) in [6.45, 7) is 3.70. The van der Waals surface area contributed by atoms with Gasteiger partial charge in [0.2, 0.25) is 11.8 Å².